The summed E-state index contributed by atoms with van der Waals surface area (Å²) in [5, 5.41) is 9.04. The maximum Gasteiger partial charge on any atom is 0.409 e. The van der Waals surface area contributed by atoms with Gasteiger partial charge in [0.1, 0.15) is 12.5 Å². The number of carbonyl (C=O) groups is 2. The first-order valence-electron chi connectivity index (χ1n) is 10.2. The van der Waals surface area contributed by atoms with Gasteiger partial charge in [-0.25, -0.2) is 17.9 Å². The highest BCUT2D eigenvalue weighted by molar-refractivity contribution is 7.89. The van der Waals surface area contributed by atoms with E-state index in [0.29, 0.717) is 12.5 Å². The highest BCUT2D eigenvalue weighted by Gasteiger charge is 2.22. The van der Waals surface area contributed by atoms with E-state index in [1.54, 1.807) is 6.92 Å². The minimum atomic E-state index is -3.56. The lowest BCUT2D eigenvalue weighted by atomic mass is 10.1. The molecule has 31 heavy (non-hydrogen) atoms. The summed E-state index contributed by atoms with van der Waals surface area (Å²) in [6, 6.07) is 6.95. The van der Waals surface area contributed by atoms with Crippen molar-refractivity contribution in [2.45, 2.75) is 38.6 Å². The molecule has 2 rings (SSSR count). The van der Waals surface area contributed by atoms with E-state index in [1.165, 1.54) is 12.8 Å². The topological polar surface area (TPSA) is 148 Å². The molecule has 1 aliphatic rings. The molecule has 1 aromatic rings. The number of amides is 2. The van der Waals surface area contributed by atoms with Crippen LogP contribution in [0.25, 0.3) is 0 Å². The molecule has 0 bridgehead atoms. The van der Waals surface area contributed by atoms with E-state index < -0.39 is 28.1 Å². The molecule has 0 aliphatic heterocycles. The zero-order valence-corrected chi connectivity index (χ0v) is 18.5. The van der Waals surface area contributed by atoms with Gasteiger partial charge in [-0.1, -0.05) is 12.1 Å². The van der Waals surface area contributed by atoms with Crippen LogP contribution in [0.4, 0.5) is 4.79 Å². The monoisotopic (exact) mass is 457 g/mol. The van der Waals surface area contributed by atoms with Gasteiger partial charge in [-0.2, -0.15) is 0 Å². The van der Waals surface area contributed by atoms with Crippen molar-refractivity contribution in [1.82, 2.24) is 9.62 Å². The van der Waals surface area contributed by atoms with E-state index in [-0.39, 0.29) is 38.5 Å². The molecule has 1 fully saturated rings. The third-order valence-electron chi connectivity index (χ3n) is 4.74. The number of carbonyl (C=O) groups excluding carboxylic acids is 1. The Morgan fingerprint density at radius 2 is 2.10 bits per heavy atom. The Morgan fingerprint density at radius 1 is 1.35 bits per heavy atom. The van der Waals surface area contributed by atoms with Crippen LogP contribution in [0.3, 0.4) is 0 Å². The molecular weight excluding hydrogens is 426 g/mol. The van der Waals surface area contributed by atoms with Crippen molar-refractivity contribution in [3.8, 4) is 5.75 Å². The summed E-state index contributed by atoms with van der Waals surface area (Å²) in [5.41, 5.74) is 5.81. The van der Waals surface area contributed by atoms with Crippen LogP contribution in [0.2, 0.25) is 0 Å². The number of nitrogens with one attached hydrogen (secondary N) is 1. The van der Waals surface area contributed by atoms with Gasteiger partial charge in [0.2, 0.25) is 15.9 Å². The SMILES string of the molecule is C[C@@H](NS(=O)(=O)CCCOCN(CCC(N)=O)C(=O)O)c1cccc(OCC2CC2)c1. The van der Waals surface area contributed by atoms with Crippen molar-refractivity contribution >= 4 is 22.0 Å². The predicted octanol–water partition coefficient (Wildman–Crippen LogP) is 1.68. The molecule has 1 saturated carbocycles. The zero-order chi connectivity index (χ0) is 22.9. The van der Waals surface area contributed by atoms with Gasteiger partial charge in [-0.05, 0) is 49.8 Å². The maximum atomic E-state index is 12.4. The summed E-state index contributed by atoms with van der Waals surface area (Å²) in [7, 11) is -3.56. The molecule has 174 valence electrons. The molecule has 0 saturated heterocycles. The molecule has 0 spiro atoms. The smallest absolute Gasteiger partial charge is 0.409 e. The summed E-state index contributed by atoms with van der Waals surface area (Å²) in [4.78, 5) is 22.7. The third-order valence-corrected chi connectivity index (χ3v) is 6.28. The van der Waals surface area contributed by atoms with Crippen molar-refractivity contribution in [3.05, 3.63) is 29.8 Å². The first-order valence-corrected chi connectivity index (χ1v) is 11.9. The van der Waals surface area contributed by atoms with E-state index in [2.05, 4.69) is 4.72 Å². The Balaban J connectivity index is 1.72. The minimum absolute atomic E-state index is 0.0557. The lowest BCUT2D eigenvalue weighted by Crippen LogP contribution is -2.35. The molecule has 2 amide bonds. The van der Waals surface area contributed by atoms with E-state index in [0.717, 1.165) is 16.2 Å². The number of nitrogens with two attached hydrogens (primary N) is 1. The Kier molecular flexibility index (Phi) is 9.53. The molecule has 0 unspecified atom stereocenters. The van der Waals surface area contributed by atoms with Gasteiger partial charge in [0.15, 0.2) is 0 Å². The van der Waals surface area contributed by atoms with Crippen LogP contribution in [0.15, 0.2) is 24.3 Å². The highest BCUT2D eigenvalue weighted by Crippen LogP contribution is 2.30. The van der Waals surface area contributed by atoms with Crippen LogP contribution >= 0.6 is 0 Å². The average Bonchev–Trinajstić information content (AvgIpc) is 3.52. The van der Waals surface area contributed by atoms with Gasteiger partial charge in [0, 0.05) is 25.6 Å². The van der Waals surface area contributed by atoms with Gasteiger partial charge in [-0.3, -0.25) is 9.69 Å². The summed E-state index contributed by atoms with van der Waals surface area (Å²) in [6.07, 6.45) is 1.23. The van der Waals surface area contributed by atoms with Crippen molar-refractivity contribution in [3.63, 3.8) is 0 Å². The van der Waals surface area contributed by atoms with Crippen LogP contribution < -0.4 is 15.2 Å². The molecule has 4 N–H and O–H groups in total. The standard InChI is InChI=1S/C20H31N3O7S/c1-15(17-4-2-5-18(12-17)30-13-16-6-7-16)22-31(27,28)11-3-10-29-14-23(20(25)26)9-8-19(21)24/h2,4-5,12,15-16,22H,3,6-11,13-14H2,1H3,(H2,21,24)(H,25,26)/t15-/m1/s1. The molecule has 0 aromatic heterocycles. The van der Waals surface area contributed by atoms with Crippen LogP contribution in [0.5, 0.6) is 5.75 Å². The Hall–Kier alpha value is -2.37. The van der Waals surface area contributed by atoms with Gasteiger partial charge in [0.25, 0.3) is 0 Å². The summed E-state index contributed by atoms with van der Waals surface area (Å²) < 4.78 is 38.3. The molecule has 0 heterocycles. The second kappa shape index (κ2) is 11.9. The lowest BCUT2D eigenvalue weighted by molar-refractivity contribution is -0.118. The fourth-order valence-electron chi connectivity index (χ4n) is 2.75. The molecule has 1 atom stereocenters. The van der Waals surface area contributed by atoms with Crippen LogP contribution in [-0.2, 0) is 19.6 Å². The van der Waals surface area contributed by atoms with E-state index in [4.69, 9.17) is 20.3 Å². The van der Waals surface area contributed by atoms with Crippen LogP contribution in [0.1, 0.15) is 44.2 Å². The number of rotatable bonds is 15. The molecule has 10 nitrogen and oxygen atoms in total. The molecule has 0 radical (unpaired) electrons. The van der Waals surface area contributed by atoms with Crippen LogP contribution in [0, 0.1) is 5.92 Å². The van der Waals surface area contributed by atoms with Crippen molar-refractivity contribution in [2.24, 2.45) is 11.7 Å². The first kappa shape index (κ1) is 24.9. The number of primary amides is 1. The van der Waals surface area contributed by atoms with E-state index in [1.807, 2.05) is 24.3 Å². The molecule has 1 aromatic carbocycles. The Morgan fingerprint density at radius 3 is 2.74 bits per heavy atom. The largest absolute Gasteiger partial charge is 0.493 e. The lowest BCUT2D eigenvalue weighted by Gasteiger charge is -2.18. The minimum Gasteiger partial charge on any atom is -0.493 e. The number of sulfonamides is 1. The van der Waals surface area contributed by atoms with Gasteiger partial charge >= 0.3 is 6.09 Å². The van der Waals surface area contributed by atoms with E-state index in [9.17, 15) is 18.0 Å². The summed E-state index contributed by atoms with van der Waals surface area (Å²) in [6.45, 7) is 2.16. The quantitative estimate of drug-likeness (QED) is 0.268. The number of hydrogen-bond acceptors (Lipinski definition) is 6. The van der Waals surface area contributed by atoms with Gasteiger partial charge < -0.3 is 20.3 Å². The highest BCUT2D eigenvalue weighted by atomic mass is 32.2. The van der Waals surface area contributed by atoms with Crippen molar-refractivity contribution in [2.75, 3.05) is 32.2 Å². The second-order valence-corrected chi connectivity index (χ2v) is 9.51. The number of benzene rings is 1. The van der Waals surface area contributed by atoms with Gasteiger partial charge in [0.05, 0.1) is 12.4 Å². The Bertz CT molecular complexity index is 843. The summed E-state index contributed by atoms with van der Waals surface area (Å²) >= 11 is 0. The number of ether oxygens (including phenoxy) is 2. The number of carboxylic acid groups (broad SMARTS) is 1. The maximum absolute atomic E-state index is 12.4. The second-order valence-electron chi connectivity index (χ2n) is 7.64. The van der Waals surface area contributed by atoms with Gasteiger partial charge in [-0.15, -0.1) is 0 Å². The average molecular weight is 458 g/mol. The fourth-order valence-corrected chi connectivity index (χ4v) is 4.05. The zero-order valence-electron chi connectivity index (χ0n) is 17.7. The molecule has 11 heteroatoms. The summed E-state index contributed by atoms with van der Waals surface area (Å²) in [5.74, 6) is 0.581. The van der Waals surface area contributed by atoms with E-state index >= 15 is 0 Å². The molecular formula is C20H31N3O7S. The molecule has 1 aliphatic carbocycles. The number of hydrogen-bond donors (Lipinski definition) is 3. The van der Waals surface area contributed by atoms with Crippen molar-refractivity contribution < 1.29 is 32.6 Å². The normalized spacial score (nSPS) is 14.7. The fraction of sp³-hybridized carbons (Fsp3) is 0.600. The van der Waals surface area contributed by atoms with Crippen molar-refractivity contribution in [1.29, 1.82) is 0 Å². The predicted molar refractivity (Wildman–Crippen MR) is 114 cm³/mol. The third kappa shape index (κ3) is 9.99. The van der Waals surface area contributed by atoms with Crippen LogP contribution in [-0.4, -0.2) is 62.7 Å². The number of nitrogens with zero attached hydrogens (tertiary/aromatic N) is 1. The Labute approximate surface area is 182 Å². The first-order chi connectivity index (χ1) is 14.7.